The van der Waals surface area contributed by atoms with Gasteiger partial charge in [0, 0.05) is 18.0 Å². The highest BCUT2D eigenvalue weighted by atomic mass is 16.5. The molecule has 0 spiro atoms. The maximum atomic E-state index is 13.2. The third-order valence-corrected chi connectivity index (χ3v) is 6.93. The van der Waals surface area contributed by atoms with E-state index in [2.05, 4.69) is 15.8 Å². The molecule has 0 radical (unpaired) electrons. The normalized spacial score (nSPS) is 21.5. The molecule has 1 saturated carbocycles. The molecule has 1 aromatic carbocycles. The topological polar surface area (TPSA) is 114 Å². The SMILES string of the molecule is Cc1cc(NC(=O)C(CCOC(=O)C(O)(c2ccccc2)C2CCCC2)[C@H]2CCCN2)no1. The van der Waals surface area contributed by atoms with E-state index < -0.39 is 17.5 Å². The summed E-state index contributed by atoms with van der Waals surface area (Å²) in [6.07, 6.45) is 5.77. The van der Waals surface area contributed by atoms with Gasteiger partial charge in [-0.3, -0.25) is 4.79 Å². The number of hydrogen-bond acceptors (Lipinski definition) is 7. The molecule has 178 valence electrons. The largest absolute Gasteiger partial charge is 0.463 e. The summed E-state index contributed by atoms with van der Waals surface area (Å²) in [4.78, 5) is 26.2. The monoisotopic (exact) mass is 455 g/mol. The van der Waals surface area contributed by atoms with Crippen LogP contribution in [0.3, 0.4) is 0 Å². The second kappa shape index (κ2) is 10.5. The highest BCUT2D eigenvalue weighted by molar-refractivity contribution is 5.92. The lowest BCUT2D eigenvalue weighted by molar-refractivity contribution is -0.174. The third-order valence-electron chi connectivity index (χ3n) is 6.93. The maximum Gasteiger partial charge on any atom is 0.343 e. The zero-order valence-corrected chi connectivity index (χ0v) is 19.1. The number of carbonyl (C=O) groups is 2. The summed E-state index contributed by atoms with van der Waals surface area (Å²) < 4.78 is 10.7. The number of aliphatic hydroxyl groups is 1. The van der Waals surface area contributed by atoms with E-state index in [0.717, 1.165) is 45.1 Å². The highest BCUT2D eigenvalue weighted by Crippen LogP contribution is 2.41. The van der Waals surface area contributed by atoms with E-state index in [0.29, 0.717) is 23.6 Å². The van der Waals surface area contributed by atoms with Crippen LogP contribution in [0.15, 0.2) is 40.9 Å². The molecule has 4 rings (SSSR count). The molecule has 1 aromatic heterocycles. The predicted molar refractivity (Wildman–Crippen MR) is 122 cm³/mol. The molecule has 1 saturated heterocycles. The minimum atomic E-state index is -1.67. The number of benzene rings is 1. The number of rotatable bonds is 9. The fraction of sp³-hybridized carbons (Fsp3) is 0.560. The maximum absolute atomic E-state index is 13.2. The van der Waals surface area contributed by atoms with Crippen LogP contribution < -0.4 is 10.6 Å². The van der Waals surface area contributed by atoms with Crippen molar-refractivity contribution in [2.24, 2.45) is 11.8 Å². The van der Waals surface area contributed by atoms with Crippen molar-refractivity contribution in [2.75, 3.05) is 18.5 Å². The number of nitrogens with one attached hydrogen (secondary N) is 2. The minimum absolute atomic E-state index is 0.000427. The van der Waals surface area contributed by atoms with Gasteiger partial charge in [-0.15, -0.1) is 0 Å². The highest BCUT2D eigenvalue weighted by Gasteiger charge is 2.48. The van der Waals surface area contributed by atoms with Crippen molar-refractivity contribution in [3.05, 3.63) is 47.7 Å². The predicted octanol–water partition coefficient (Wildman–Crippen LogP) is 3.30. The van der Waals surface area contributed by atoms with Crippen LogP contribution >= 0.6 is 0 Å². The van der Waals surface area contributed by atoms with Crippen molar-refractivity contribution >= 4 is 17.7 Å². The Morgan fingerprint density at radius 3 is 2.64 bits per heavy atom. The van der Waals surface area contributed by atoms with Crippen LogP contribution in [0.1, 0.15) is 56.3 Å². The van der Waals surface area contributed by atoms with Gasteiger partial charge in [0.25, 0.3) is 0 Å². The summed E-state index contributed by atoms with van der Waals surface area (Å²) in [5, 5.41) is 21.6. The molecule has 1 aliphatic carbocycles. The van der Waals surface area contributed by atoms with Crippen molar-refractivity contribution < 1.29 is 24.0 Å². The zero-order chi connectivity index (χ0) is 23.3. The average Bonchev–Trinajstić information content (AvgIpc) is 3.60. The third kappa shape index (κ3) is 5.28. The van der Waals surface area contributed by atoms with Crippen molar-refractivity contribution in [1.82, 2.24) is 10.5 Å². The summed E-state index contributed by atoms with van der Waals surface area (Å²) in [6, 6.07) is 10.7. The number of aromatic nitrogens is 1. The number of esters is 1. The zero-order valence-electron chi connectivity index (χ0n) is 19.1. The molecule has 3 N–H and O–H groups in total. The minimum Gasteiger partial charge on any atom is -0.463 e. The van der Waals surface area contributed by atoms with Crippen LogP contribution in [0.25, 0.3) is 0 Å². The van der Waals surface area contributed by atoms with Gasteiger partial charge in [0.1, 0.15) is 5.76 Å². The van der Waals surface area contributed by atoms with Gasteiger partial charge >= 0.3 is 5.97 Å². The van der Waals surface area contributed by atoms with Crippen LogP contribution in [0.2, 0.25) is 0 Å². The molecule has 2 fully saturated rings. The van der Waals surface area contributed by atoms with Crippen LogP contribution in [0.5, 0.6) is 0 Å². The lowest BCUT2D eigenvalue weighted by Crippen LogP contribution is -2.44. The lowest BCUT2D eigenvalue weighted by Gasteiger charge is -2.32. The van der Waals surface area contributed by atoms with E-state index in [4.69, 9.17) is 9.26 Å². The van der Waals surface area contributed by atoms with E-state index in [1.165, 1.54) is 0 Å². The van der Waals surface area contributed by atoms with E-state index in [1.54, 1.807) is 25.1 Å². The summed E-state index contributed by atoms with van der Waals surface area (Å²) in [7, 11) is 0. The fourth-order valence-corrected chi connectivity index (χ4v) is 5.16. The van der Waals surface area contributed by atoms with Gasteiger partial charge < -0.3 is 25.0 Å². The number of aryl methyl sites for hydroxylation is 1. The van der Waals surface area contributed by atoms with Gasteiger partial charge in [0.15, 0.2) is 11.4 Å². The molecule has 8 heteroatoms. The van der Waals surface area contributed by atoms with Crippen molar-refractivity contribution in [3.63, 3.8) is 0 Å². The molecule has 0 bridgehead atoms. The van der Waals surface area contributed by atoms with Gasteiger partial charge in [-0.25, -0.2) is 4.79 Å². The Balaban J connectivity index is 1.42. The van der Waals surface area contributed by atoms with E-state index in [-0.39, 0.29) is 24.5 Å². The number of ether oxygens (including phenoxy) is 1. The first kappa shape index (κ1) is 23.4. The van der Waals surface area contributed by atoms with Crippen molar-refractivity contribution in [3.8, 4) is 0 Å². The standard InChI is InChI=1S/C25H33N3O5/c1-17-16-22(28-33-17)27-23(29)20(21-12-7-14-26-21)13-15-32-24(30)25(31,19-10-5-6-11-19)18-8-3-2-4-9-18/h2-4,8-9,16,19-21,26,31H,5-7,10-15H2,1H3,(H,27,28,29)/t20?,21-,25?/m1/s1. The number of carbonyl (C=O) groups excluding carboxylic acids is 2. The van der Waals surface area contributed by atoms with E-state index in [1.807, 2.05) is 18.2 Å². The van der Waals surface area contributed by atoms with Gasteiger partial charge in [-0.2, -0.15) is 0 Å². The Morgan fingerprint density at radius 1 is 1.24 bits per heavy atom. The first-order chi connectivity index (χ1) is 16.0. The molecule has 3 atom stereocenters. The van der Waals surface area contributed by atoms with Gasteiger partial charge in [0.2, 0.25) is 5.91 Å². The molecule has 2 unspecified atom stereocenters. The first-order valence-electron chi connectivity index (χ1n) is 11.9. The Kier molecular flexibility index (Phi) is 7.45. The van der Waals surface area contributed by atoms with Crippen LogP contribution in [0.4, 0.5) is 5.82 Å². The molecule has 8 nitrogen and oxygen atoms in total. The summed E-state index contributed by atoms with van der Waals surface area (Å²) in [6.45, 7) is 2.66. The number of amides is 1. The Morgan fingerprint density at radius 2 is 2.00 bits per heavy atom. The first-order valence-corrected chi connectivity index (χ1v) is 11.9. The molecule has 2 aromatic rings. The summed E-state index contributed by atoms with van der Waals surface area (Å²) in [5.41, 5.74) is -1.10. The molecule has 2 heterocycles. The number of nitrogens with zero attached hydrogens (tertiary/aromatic N) is 1. The Labute approximate surface area is 194 Å². The smallest absolute Gasteiger partial charge is 0.343 e. The van der Waals surface area contributed by atoms with Crippen LogP contribution in [-0.4, -0.2) is 41.3 Å². The molecular formula is C25H33N3O5. The number of anilines is 1. The lowest BCUT2D eigenvalue weighted by atomic mass is 9.80. The second-order valence-corrected chi connectivity index (χ2v) is 9.16. The van der Waals surface area contributed by atoms with Gasteiger partial charge in [-0.1, -0.05) is 48.3 Å². The average molecular weight is 456 g/mol. The van der Waals surface area contributed by atoms with Crippen LogP contribution in [-0.2, 0) is 19.9 Å². The van der Waals surface area contributed by atoms with Crippen molar-refractivity contribution in [1.29, 1.82) is 0 Å². The summed E-state index contributed by atoms with van der Waals surface area (Å²) in [5.74, 6) is -0.398. The Hall–Kier alpha value is -2.71. The van der Waals surface area contributed by atoms with E-state index in [9.17, 15) is 14.7 Å². The van der Waals surface area contributed by atoms with Crippen molar-refractivity contribution in [2.45, 2.75) is 63.5 Å². The van der Waals surface area contributed by atoms with Gasteiger partial charge in [-0.05, 0) is 51.1 Å². The number of hydrogen-bond donors (Lipinski definition) is 3. The van der Waals surface area contributed by atoms with Crippen LogP contribution in [0, 0.1) is 18.8 Å². The molecule has 1 amide bonds. The van der Waals surface area contributed by atoms with E-state index >= 15 is 0 Å². The molecule has 33 heavy (non-hydrogen) atoms. The second-order valence-electron chi connectivity index (χ2n) is 9.16. The molecule has 2 aliphatic rings. The quantitative estimate of drug-likeness (QED) is 0.497. The van der Waals surface area contributed by atoms with Gasteiger partial charge in [0.05, 0.1) is 12.5 Å². The Bertz CT molecular complexity index is 935. The molecular weight excluding hydrogens is 422 g/mol. The fourth-order valence-electron chi connectivity index (χ4n) is 5.16. The molecule has 1 aliphatic heterocycles. The summed E-state index contributed by atoms with van der Waals surface area (Å²) >= 11 is 0.